The van der Waals surface area contributed by atoms with Crippen molar-refractivity contribution in [2.75, 3.05) is 48.4 Å². The number of carbonyl (C=O) groups excluding carboxylic acids is 1. The largest absolute Gasteiger partial charge is 0.378 e. The minimum atomic E-state index is -0.0788. The quantitative estimate of drug-likeness (QED) is 0.823. The predicted octanol–water partition coefficient (Wildman–Crippen LogP) is 3.34. The zero-order valence-corrected chi connectivity index (χ0v) is 14.9. The summed E-state index contributed by atoms with van der Waals surface area (Å²) in [4.78, 5) is 14.3. The van der Waals surface area contributed by atoms with Crippen molar-refractivity contribution in [3.05, 3.63) is 53.0 Å². The molecule has 1 aliphatic rings. The van der Waals surface area contributed by atoms with Crippen molar-refractivity contribution in [1.82, 2.24) is 0 Å². The topological polar surface area (TPSA) is 53.6 Å². The Labute approximate surface area is 150 Å². The second-order valence-corrected chi connectivity index (χ2v) is 6.38. The molecule has 0 aliphatic carbocycles. The summed E-state index contributed by atoms with van der Waals surface area (Å²) in [5.41, 5.74) is 2.85. The van der Waals surface area contributed by atoms with Gasteiger partial charge < -0.3 is 20.3 Å². The van der Waals surface area contributed by atoms with E-state index < -0.39 is 0 Å². The van der Waals surface area contributed by atoms with Gasteiger partial charge in [0.05, 0.1) is 19.8 Å². The third-order valence-corrected chi connectivity index (χ3v) is 4.53. The lowest BCUT2D eigenvalue weighted by atomic mass is 10.2. The molecule has 0 spiro atoms. The molecule has 3 rings (SSSR count). The first-order chi connectivity index (χ1) is 11.7. The fourth-order valence-corrected chi connectivity index (χ4v) is 2.99. The summed E-state index contributed by atoms with van der Waals surface area (Å²) in [7, 11) is 0. The highest BCUT2D eigenvalue weighted by Gasteiger charge is 2.11. The Morgan fingerprint density at radius 2 is 1.79 bits per heavy atom. The number of hydrogen-bond donors (Lipinski definition) is 2. The van der Waals surface area contributed by atoms with Crippen LogP contribution in [0.15, 0.2) is 53.0 Å². The van der Waals surface area contributed by atoms with Gasteiger partial charge in [0.2, 0.25) is 5.91 Å². The average molecular weight is 390 g/mol. The van der Waals surface area contributed by atoms with E-state index in [1.807, 2.05) is 48.5 Å². The van der Waals surface area contributed by atoms with Gasteiger partial charge in [-0.3, -0.25) is 4.79 Å². The standard InChI is InChI=1S/C18H20BrN3O2/c19-16-3-1-2-4-17(16)20-13-18(23)21-14-5-7-15(8-6-14)22-9-11-24-12-10-22/h1-8,20H,9-13H2,(H,21,23). The van der Waals surface area contributed by atoms with Gasteiger partial charge in [0, 0.05) is 34.6 Å². The molecule has 0 saturated carbocycles. The Morgan fingerprint density at radius 3 is 2.50 bits per heavy atom. The number of benzene rings is 2. The second-order valence-electron chi connectivity index (χ2n) is 5.53. The molecule has 1 aliphatic heterocycles. The van der Waals surface area contributed by atoms with Crippen molar-refractivity contribution in [3.63, 3.8) is 0 Å². The number of hydrogen-bond acceptors (Lipinski definition) is 4. The van der Waals surface area contributed by atoms with Crippen molar-refractivity contribution in [1.29, 1.82) is 0 Å². The Morgan fingerprint density at radius 1 is 1.08 bits per heavy atom. The van der Waals surface area contributed by atoms with Crippen molar-refractivity contribution in [2.24, 2.45) is 0 Å². The van der Waals surface area contributed by atoms with E-state index in [0.717, 1.165) is 47.8 Å². The van der Waals surface area contributed by atoms with Crippen LogP contribution in [0.25, 0.3) is 0 Å². The lowest BCUT2D eigenvalue weighted by molar-refractivity contribution is -0.114. The summed E-state index contributed by atoms with van der Waals surface area (Å²) < 4.78 is 6.30. The number of anilines is 3. The maximum Gasteiger partial charge on any atom is 0.243 e. The number of ether oxygens (including phenoxy) is 1. The van der Waals surface area contributed by atoms with E-state index in [9.17, 15) is 4.79 Å². The van der Waals surface area contributed by atoms with E-state index in [0.29, 0.717) is 0 Å². The molecule has 2 aromatic rings. The number of carbonyl (C=O) groups is 1. The highest BCUT2D eigenvalue weighted by Crippen LogP contribution is 2.21. The zero-order valence-electron chi connectivity index (χ0n) is 13.3. The fraction of sp³-hybridized carbons (Fsp3) is 0.278. The van der Waals surface area contributed by atoms with Gasteiger partial charge in [0.1, 0.15) is 0 Å². The maximum absolute atomic E-state index is 12.1. The van der Waals surface area contributed by atoms with E-state index in [2.05, 4.69) is 31.5 Å². The molecule has 0 unspecified atom stereocenters. The predicted molar refractivity (Wildman–Crippen MR) is 101 cm³/mol. The van der Waals surface area contributed by atoms with Crippen molar-refractivity contribution >= 4 is 38.9 Å². The number of rotatable bonds is 5. The van der Waals surface area contributed by atoms with Crippen LogP contribution in [-0.2, 0) is 9.53 Å². The number of nitrogens with zero attached hydrogens (tertiary/aromatic N) is 1. The molecular formula is C18H20BrN3O2. The molecule has 0 radical (unpaired) electrons. The minimum Gasteiger partial charge on any atom is -0.378 e. The third kappa shape index (κ3) is 4.49. The van der Waals surface area contributed by atoms with E-state index in [1.54, 1.807) is 0 Å². The first-order valence-corrected chi connectivity index (χ1v) is 8.73. The average Bonchev–Trinajstić information content (AvgIpc) is 2.62. The number of amides is 1. The van der Waals surface area contributed by atoms with Crippen LogP contribution in [0, 0.1) is 0 Å². The smallest absolute Gasteiger partial charge is 0.243 e. The van der Waals surface area contributed by atoms with Crippen molar-refractivity contribution < 1.29 is 9.53 Å². The molecule has 1 fully saturated rings. The molecule has 5 nitrogen and oxygen atoms in total. The summed E-state index contributed by atoms with van der Waals surface area (Å²) >= 11 is 3.45. The van der Waals surface area contributed by atoms with Crippen molar-refractivity contribution in [3.8, 4) is 0 Å². The molecule has 0 aromatic heterocycles. The molecule has 1 heterocycles. The van der Waals surface area contributed by atoms with E-state index in [-0.39, 0.29) is 12.5 Å². The summed E-state index contributed by atoms with van der Waals surface area (Å²) in [5.74, 6) is -0.0788. The van der Waals surface area contributed by atoms with Crippen LogP contribution in [-0.4, -0.2) is 38.8 Å². The van der Waals surface area contributed by atoms with Crippen LogP contribution in [0.5, 0.6) is 0 Å². The molecule has 126 valence electrons. The summed E-state index contributed by atoms with van der Waals surface area (Å²) in [5, 5.41) is 6.02. The molecule has 6 heteroatoms. The summed E-state index contributed by atoms with van der Waals surface area (Å²) in [6.07, 6.45) is 0. The molecular weight excluding hydrogens is 370 g/mol. The van der Waals surface area contributed by atoms with Crippen LogP contribution in [0.3, 0.4) is 0 Å². The van der Waals surface area contributed by atoms with E-state index in [4.69, 9.17) is 4.74 Å². The van der Waals surface area contributed by atoms with Crippen molar-refractivity contribution in [2.45, 2.75) is 0 Å². The minimum absolute atomic E-state index is 0.0788. The van der Waals surface area contributed by atoms with Gasteiger partial charge in [-0.15, -0.1) is 0 Å². The lowest BCUT2D eigenvalue weighted by Crippen LogP contribution is -2.36. The van der Waals surface area contributed by atoms with Crippen LogP contribution in [0.1, 0.15) is 0 Å². The molecule has 1 amide bonds. The normalized spacial score (nSPS) is 14.3. The maximum atomic E-state index is 12.1. The monoisotopic (exact) mass is 389 g/mol. The Balaban J connectivity index is 1.52. The Hall–Kier alpha value is -2.05. The van der Waals surface area contributed by atoms with E-state index in [1.165, 1.54) is 0 Å². The second kappa shape index (κ2) is 8.17. The van der Waals surface area contributed by atoms with Gasteiger partial charge in [-0.05, 0) is 52.3 Å². The van der Waals surface area contributed by atoms with Gasteiger partial charge >= 0.3 is 0 Å². The van der Waals surface area contributed by atoms with Gasteiger partial charge in [-0.2, -0.15) is 0 Å². The molecule has 2 N–H and O–H groups in total. The Kier molecular flexibility index (Phi) is 5.72. The molecule has 1 saturated heterocycles. The lowest BCUT2D eigenvalue weighted by Gasteiger charge is -2.28. The number of para-hydroxylation sites is 1. The first kappa shape index (κ1) is 16.8. The summed E-state index contributed by atoms with van der Waals surface area (Å²) in [6.45, 7) is 3.55. The molecule has 2 aromatic carbocycles. The number of morpholine rings is 1. The molecule has 0 bridgehead atoms. The van der Waals surface area contributed by atoms with E-state index >= 15 is 0 Å². The van der Waals surface area contributed by atoms with Gasteiger partial charge in [0.25, 0.3) is 0 Å². The van der Waals surface area contributed by atoms with Crippen LogP contribution < -0.4 is 15.5 Å². The van der Waals surface area contributed by atoms with Gasteiger partial charge in [0.15, 0.2) is 0 Å². The van der Waals surface area contributed by atoms with Gasteiger partial charge in [-0.1, -0.05) is 12.1 Å². The SMILES string of the molecule is O=C(CNc1ccccc1Br)Nc1ccc(N2CCOCC2)cc1. The fourth-order valence-electron chi connectivity index (χ4n) is 2.56. The van der Waals surface area contributed by atoms with Crippen LogP contribution >= 0.6 is 15.9 Å². The van der Waals surface area contributed by atoms with Gasteiger partial charge in [-0.25, -0.2) is 0 Å². The molecule has 24 heavy (non-hydrogen) atoms. The highest BCUT2D eigenvalue weighted by molar-refractivity contribution is 9.10. The number of nitrogens with one attached hydrogen (secondary N) is 2. The van der Waals surface area contributed by atoms with Crippen LogP contribution in [0.2, 0.25) is 0 Å². The Bertz CT molecular complexity index is 685. The summed E-state index contributed by atoms with van der Waals surface area (Å²) in [6, 6.07) is 15.6. The first-order valence-electron chi connectivity index (χ1n) is 7.93. The zero-order chi connectivity index (χ0) is 16.8. The third-order valence-electron chi connectivity index (χ3n) is 3.84. The number of halogens is 1. The van der Waals surface area contributed by atoms with Crippen LogP contribution in [0.4, 0.5) is 17.1 Å². The molecule has 0 atom stereocenters. The highest BCUT2D eigenvalue weighted by atomic mass is 79.9.